The molecule has 4 N–H and O–H groups in total. The highest BCUT2D eigenvalue weighted by Gasteiger charge is 2.38. The summed E-state index contributed by atoms with van der Waals surface area (Å²) in [5.74, 6) is 0.662. The molecule has 0 radical (unpaired) electrons. The number of aryl methyl sites for hydroxylation is 1. The molecule has 4 nitrogen and oxygen atoms in total. The normalized spacial score (nSPS) is 25.1. The molecule has 2 amide bonds. The van der Waals surface area contributed by atoms with Crippen molar-refractivity contribution in [1.82, 2.24) is 5.32 Å². The fourth-order valence-corrected chi connectivity index (χ4v) is 2.96. The van der Waals surface area contributed by atoms with Gasteiger partial charge in [0, 0.05) is 5.69 Å². The van der Waals surface area contributed by atoms with Gasteiger partial charge in [0.25, 0.3) is 0 Å². The fourth-order valence-electron chi connectivity index (χ4n) is 2.70. The van der Waals surface area contributed by atoms with Gasteiger partial charge in [-0.1, -0.05) is 36.8 Å². The van der Waals surface area contributed by atoms with E-state index in [1.54, 1.807) is 0 Å². The molecule has 1 aliphatic carbocycles. The second-order valence-electron chi connectivity index (χ2n) is 6.07. The third-order valence-corrected chi connectivity index (χ3v) is 4.65. The number of nitrogens with two attached hydrogens (primary N) is 1. The molecule has 0 heterocycles. The van der Waals surface area contributed by atoms with Gasteiger partial charge in [-0.3, -0.25) is 0 Å². The number of thiocarbonyl (C=S) groups is 1. The van der Waals surface area contributed by atoms with Crippen molar-refractivity contribution in [1.29, 1.82) is 0 Å². The number of urea groups is 1. The molecule has 21 heavy (non-hydrogen) atoms. The fraction of sp³-hybridized carbons (Fsp3) is 0.500. The van der Waals surface area contributed by atoms with E-state index in [-0.39, 0.29) is 6.03 Å². The molecule has 0 atom stereocenters. The molecule has 5 heteroatoms. The summed E-state index contributed by atoms with van der Waals surface area (Å²) in [5, 5.41) is 5.84. The number of amides is 2. The maximum Gasteiger partial charge on any atom is 0.320 e. The van der Waals surface area contributed by atoms with E-state index in [4.69, 9.17) is 18.0 Å². The molecular weight excluding hydrogens is 282 g/mol. The molecule has 114 valence electrons. The molecule has 1 aliphatic rings. The van der Waals surface area contributed by atoms with E-state index in [1.807, 2.05) is 31.2 Å². The van der Waals surface area contributed by atoms with Crippen molar-refractivity contribution >= 4 is 28.9 Å². The summed E-state index contributed by atoms with van der Waals surface area (Å²) in [4.78, 5) is 12.6. The van der Waals surface area contributed by atoms with Crippen molar-refractivity contribution < 1.29 is 4.79 Å². The van der Waals surface area contributed by atoms with Gasteiger partial charge >= 0.3 is 6.03 Å². The first-order chi connectivity index (χ1) is 9.91. The summed E-state index contributed by atoms with van der Waals surface area (Å²) >= 11 is 5.20. The number of nitrogens with one attached hydrogen (secondary N) is 2. The van der Waals surface area contributed by atoms with Gasteiger partial charge in [0.15, 0.2) is 0 Å². The SMILES string of the molecule is Cc1ccc(NC(=O)NC2(C(N)=S)CCC(C)CC2)cc1. The maximum atomic E-state index is 12.2. The lowest BCUT2D eigenvalue weighted by molar-refractivity contribution is 0.227. The zero-order valence-corrected chi connectivity index (χ0v) is 13.4. The van der Waals surface area contributed by atoms with E-state index in [0.717, 1.165) is 36.9 Å². The van der Waals surface area contributed by atoms with Gasteiger partial charge in [0.1, 0.15) is 0 Å². The first-order valence-electron chi connectivity index (χ1n) is 7.37. The van der Waals surface area contributed by atoms with Crippen LogP contribution in [0.1, 0.15) is 38.2 Å². The third-order valence-electron chi connectivity index (χ3n) is 4.26. The molecule has 0 spiro atoms. The largest absolute Gasteiger partial charge is 0.391 e. The van der Waals surface area contributed by atoms with Gasteiger partial charge in [-0.25, -0.2) is 4.79 Å². The zero-order chi connectivity index (χ0) is 15.5. The van der Waals surface area contributed by atoms with Crippen LogP contribution < -0.4 is 16.4 Å². The maximum absolute atomic E-state index is 12.2. The Kier molecular flexibility index (Phi) is 4.83. The van der Waals surface area contributed by atoms with E-state index >= 15 is 0 Å². The number of carbonyl (C=O) groups is 1. The minimum absolute atomic E-state index is 0.249. The number of hydrogen-bond donors (Lipinski definition) is 3. The molecule has 2 rings (SSSR count). The predicted molar refractivity (Wildman–Crippen MR) is 90.5 cm³/mol. The molecule has 0 unspecified atom stereocenters. The van der Waals surface area contributed by atoms with Gasteiger partial charge in [0.2, 0.25) is 0 Å². The molecular formula is C16H23N3OS. The number of hydrogen-bond acceptors (Lipinski definition) is 2. The van der Waals surface area contributed by atoms with Crippen LogP contribution in [-0.4, -0.2) is 16.6 Å². The quantitative estimate of drug-likeness (QED) is 0.750. The van der Waals surface area contributed by atoms with Crippen LogP contribution in [0.25, 0.3) is 0 Å². The van der Waals surface area contributed by atoms with E-state index in [0.29, 0.717) is 10.9 Å². The summed E-state index contributed by atoms with van der Waals surface area (Å²) in [6.45, 7) is 4.23. The highest BCUT2D eigenvalue weighted by Crippen LogP contribution is 2.32. The summed E-state index contributed by atoms with van der Waals surface area (Å²) in [7, 11) is 0. The number of anilines is 1. The van der Waals surface area contributed by atoms with Crippen molar-refractivity contribution in [3.63, 3.8) is 0 Å². The number of rotatable bonds is 3. The topological polar surface area (TPSA) is 67.2 Å². The van der Waals surface area contributed by atoms with Gasteiger partial charge < -0.3 is 16.4 Å². The molecule has 0 saturated heterocycles. The first kappa shape index (κ1) is 15.8. The second-order valence-corrected chi connectivity index (χ2v) is 6.51. The van der Waals surface area contributed by atoms with Crippen molar-refractivity contribution in [2.45, 2.75) is 45.1 Å². The highest BCUT2D eigenvalue weighted by atomic mass is 32.1. The average Bonchev–Trinajstić information content (AvgIpc) is 2.44. The lowest BCUT2D eigenvalue weighted by Gasteiger charge is -2.39. The Morgan fingerprint density at radius 1 is 1.29 bits per heavy atom. The Bertz CT molecular complexity index is 519. The van der Waals surface area contributed by atoms with Crippen LogP contribution in [0.4, 0.5) is 10.5 Å². The molecule has 1 fully saturated rings. The summed E-state index contributed by atoms with van der Waals surface area (Å²) in [6.07, 6.45) is 3.68. The highest BCUT2D eigenvalue weighted by molar-refractivity contribution is 7.80. The Hall–Kier alpha value is -1.62. The Morgan fingerprint density at radius 2 is 1.86 bits per heavy atom. The monoisotopic (exact) mass is 305 g/mol. The number of benzene rings is 1. The number of carbonyl (C=O) groups excluding carboxylic acids is 1. The van der Waals surface area contributed by atoms with Crippen LogP contribution in [0.2, 0.25) is 0 Å². The minimum atomic E-state index is -0.545. The first-order valence-corrected chi connectivity index (χ1v) is 7.78. The van der Waals surface area contributed by atoms with E-state index in [9.17, 15) is 4.79 Å². The van der Waals surface area contributed by atoms with Crippen LogP contribution in [0.3, 0.4) is 0 Å². The van der Waals surface area contributed by atoms with E-state index in [1.165, 1.54) is 0 Å². The lowest BCUT2D eigenvalue weighted by atomic mass is 9.77. The van der Waals surface area contributed by atoms with Crippen LogP contribution in [0, 0.1) is 12.8 Å². The zero-order valence-electron chi connectivity index (χ0n) is 12.6. The smallest absolute Gasteiger partial charge is 0.320 e. The predicted octanol–water partition coefficient (Wildman–Crippen LogP) is 3.35. The molecule has 0 aliphatic heterocycles. The molecule has 0 aromatic heterocycles. The Morgan fingerprint density at radius 3 is 2.38 bits per heavy atom. The van der Waals surface area contributed by atoms with Crippen LogP contribution in [0.5, 0.6) is 0 Å². The van der Waals surface area contributed by atoms with Gasteiger partial charge in [-0.15, -0.1) is 0 Å². The van der Waals surface area contributed by atoms with Crippen molar-refractivity contribution in [3.05, 3.63) is 29.8 Å². The van der Waals surface area contributed by atoms with Gasteiger partial charge in [-0.05, 0) is 50.7 Å². The van der Waals surface area contributed by atoms with Crippen LogP contribution in [0.15, 0.2) is 24.3 Å². The van der Waals surface area contributed by atoms with Crippen molar-refractivity contribution in [2.75, 3.05) is 5.32 Å². The van der Waals surface area contributed by atoms with Crippen molar-refractivity contribution in [2.24, 2.45) is 11.7 Å². The summed E-state index contributed by atoms with van der Waals surface area (Å²) < 4.78 is 0. The molecule has 0 bridgehead atoms. The van der Waals surface area contributed by atoms with E-state index in [2.05, 4.69) is 17.6 Å². The van der Waals surface area contributed by atoms with Gasteiger partial charge in [-0.2, -0.15) is 0 Å². The van der Waals surface area contributed by atoms with E-state index < -0.39 is 5.54 Å². The summed E-state index contributed by atoms with van der Waals surface area (Å²) in [6, 6.07) is 7.43. The lowest BCUT2D eigenvalue weighted by Crippen LogP contribution is -2.59. The Labute approximate surface area is 131 Å². The third kappa shape index (κ3) is 3.94. The van der Waals surface area contributed by atoms with Crippen LogP contribution >= 0.6 is 12.2 Å². The molecule has 1 aromatic rings. The second kappa shape index (κ2) is 6.43. The van der Waals surface area contributed by atoms with Gasteiger partial charge in [0.05, 0.1) is 10.5 Å². The summed E-state index contributed by atoms with van der Waals surface area (Å²) in [5.41, 5.74) is 7.27. The Balaban J connectivity index is 2.02. The molecule has 1 saturated carbocycles. The standard InChI is InChI=1S/C16H23N3OS/c1-11-3-5-13(6-4-11)18-15(20)19-16(14(17)21)9-7-12(2)8-10-16/h3-6,12H,7-10H2,1-2H3,(H2,17,21)(H2,18,19,20). The van der Waals surface area contributed by atoms with Crippen molar-refractivity contribution in [3.8, 4) is 0 Å². The average molecular weight is 305 g/mol. The van der Waals surface area contributed by atoms with Crippen LogP contribution in [-0.2, 0) is 0 Å². The molecule has 1 aromatic carbocycles. The minimum Gasteiger partial charge on any atom is -0.391 e.